The summed E-state index contributed by atoms with van der Waals surface area (Å²) in [5.41, 5.74) is 1.57. The summed E-state index contributed by atoms with van der Waals surface area (Å²) in [6.07, 6.45) is 0.0457. The lowest BCUT2D eigenvalue weighted by Gasteiger charge is -2.34. The molecule has 1 aromatic heterocycles. The topological polar surface area (TPSA) is 41.4 Å². The lowest BCUT2D eigenvalue weighted by molar-refractivity contribution is 0.0632. The Morgan fingerprint density at radius 2 is 1.96 bits per heavy atom. The van der Waals surface area contributed by atoms with Crippen molar-refractivity contribution in [1.82, 2.24) is 19.4 Å². The third kappa shape index (κ3) is 3.25. The molecule has 2 aromatic rings. The first-order valence-corrected chi connectivity index (χ1v) is 8.79. The number of fused-ring (bicyclic) bond motifs is 1. The highest BCUT2D eigenvalue weighted by Gasteiger charge is 2.28. The molecule has 0 unspecified atom stereocenters. The predicted octanol–water partition coefficient (Wildman–Crippen LogP) is 2.68. The normalized spacial score (nSPS) is 19.1. The van der Waals surface area contributed by atoms with Crippen molar-refractivity contribution < 1.29 is 13.6 Å². The summed E-state index contributed by atoms with van der Waals surface area (Å²) in [4.78, 5) is 21.0. The van der Waals surface area contributed by atoms with Crippen LogP contribution in [-0.2, 0) is 7.05 Å². The summed E-state index contributed by atoms with van der Waals surface area (Å²) in [7, 11) is 1.57. The molecule has 5 nitrogen and oxygen atoms in total. The van der Waals surface area contributed by atoms with Crippen molar-refractivity contribution in [2.75, 3.05) is 32.7 Å². The van der Waals surface area contributed by atoms with Crippen molar-refractivity contribution in [3.05, 3.63) is 29.6 Å². The first-order valence-electron chi connectivity index (χ1n) is 8.79. The lowest BCUT2D eigenvalue weighted by atomic mass is 10.1. The van der Waals surface area contributed by atoms with E-state index in [-0.39, 0.29) is 11.7 Å². The molecule has 1 saturated carbocycles. The number of carbonyl (C=O) groups is 1. The maximum absolute atomic E-state index is 13.0. The second kappa shape index (κ2) is 6.37. The van der Waals surface area contributed by atoms with E-state index in [9.17, 15) is 13.6 Å². The van der Waals surface area contributed by atoms with Crippen LogP contribution in [0.5, 0.6) is 0 Å². The minimum absolute atomic E-state index is 0.0442. The molecule has 4 rings (SSSR count). The van der Waals surface area contributed by atoms with Gasteiger partial charge in [-0.1, -0.05) is 0 Å². The van der Waals surface area contributed by atoms with Gasteiger partial charge in [-0.05, 0) is 37.0 Å². The summed E-state index contributed by atoms with van der Waals surface area (Å²) in [6.45, 7) is 4.40. The highest BCUT2D eigenvalue weighted by Crippen LogP contribution is 2.30. The van der Waals surface area contributed by atoms with Gasteiger partial charge in [-0.15, -0.1) is 0 Å². The Labute approximate surface area is 145 Å². The van der Waals surface area contributed by atoms with Gasteiger partial charge in [-0.3, -0.25) is 9.69 Å². The van der Waals surface area contributed by atoms with Crippen LogP contribution < -0.4 is 0 Å². The number of aromatic nitrogens is 2. The van der Waals surface area contributed by atoms with Crippen LogP contribution in [0.15, 0.2) is 18.2 Å². The minimum atomic E-state index is -2.63. The molecular weight excluding hydrogens is 326 g/mol. The van der Waals surface area contributed by atoms with Gasteiger partial charge >= 0.3 is 0 Å². The van der Waals surface area contributed by atoms with Crippen LogP contribution in [0.2, 0.25) is 0 Å². The van der Waals surface area contributed by atoms with Gasteiger partial charge in [0.1, 0.15) is 0 Å². The molecule has 2 heterocycles. The van der Waals surface area contributed by atoms with Crippen molar-refractivity contribution in [2.24, 2.45) is 13.0 Å². The van der Waals surface area contributed by atoms with Crippen molar-refractivity contribution in [3.8, 4) is 0 Å². The van der Waals surface area contributed by atoms with Crippen molar-refractivity contribution in [2.45, 2.75) is 19.3 Å². The standard InChI is InChI=1S/C18H22F2N4O/c1-22-15-5-4-13(10-14(15)21-17(22)16(19)20)18(25)24-8-6-23(7-9-24)11-12-2-3-12/h4-5,10,12,16H,2-3,6-9,11H2,1H3. The Bertz CT molecular complexity index is 792. The molecule has 1 amide bonds. The zero-order valence-electron chi connectivity index (χ0n) is 14.3. The molecule has 1 aromatic carbocycles. The number of amides is 1. The van der Waals surface area contributed by atoms with Gasteiger partial charge in [0.2, 0.25) is 0 Å². The van der Waals surface area contributed by atoms with E-state index in [1.807, 2.05) is 4.90 Å². The molecule has 0 spiro atoms. The van der Waals surface area contributed by atoms with Gasteiger partial charge in [-0.2, -0.15) is 0 Å². The zero-order valence-corrected chi connectivity index (χ0v) is 14.3. The Morgan fingerprint density at radius 3 is 2.60 bits per heavy atom. The van der Waals surface area contributed by atoms with E-state index in [2.05, 4.69) is 9.88 Å². The van der Waals surface area contributed by atoms with Crippen molar-refractivity contribution in [1.29, 1.82) is 0 Å². The maximum atomic E-state index is 13.0. The molecule has 0 bridgehead atoms. The van der Waals surface area contributed by atoms with Crippen LogP contribution in [0, 0.1) is 5.92 Å². The molecule has 134 valence electrons. The molecule has 0 atom stereocenters. The fourth-order valence-corrected chi connectivity index (χ4v) is 3.53. The van der Waals surface area contributed by atoms with Gasteiger partial charge in [0.25, 0.3) is 12.3 Å². The van der Waals surface area contributed by atoms with Crippen LogP contribution in [0.4, 0.5) is 8.78 Å². The minimum Gasteiger partial charge on any atom is -0.336 e. The summed E-state index contributed by atoms with van der Waals surface area (Å²) in [6, 6.07) is 5.03. The highest BCUT2D eigenvalue weighted by atomic mass is 19.3. The van der Waals surface area contributed by atoms with E-state index in [0.717, 1.165) is 25.6 Å². The molecule has 0 N–H and O–H groups in total. The SMILES string of the molecule is Cn1c(C(F)F)nc2cc(C(=O)N3CCN(CC4CC4)CC3)ccc21. The number of aryl methyl sites for hydroxylation is 1. The van der Waals surface area contributed by atoms with Gasteiger partial charge < -0.3 is 9.47 Å². The molecule has 7 heteroatoms. The zero-order chi connectivity index (χ0) is 17.6. The molecule has 1 aliphatic heterocycles. The molecule has 1 aliphatic carbocycles. The van der Waals surface area contributed by atoms with Crippen LogP contribution in [0.3, 0.4) is 0 Å². The van der Waals surface area contributed by atoms with Crippen molar-refractivity contribution >= 4 is 16.9 Å². The predicted molar refractivity (Wildman–Crippen MR) is 90.7 cm³/mol. The average molecular weight is 348 g/mol. The number of carbonyl (C=O) groups excluding carboxylic acids is 1. The van der Waals surface area contributed by atoms with Gasteiger partial charge in [0.05, 0.1) is 11.0 Å². The average Bonchev–Trinajstić information content (AvgIpc) is 3.36. The number of imidazole rings is 1. The van der Waals surface area contributed by atoms with E-state index < -0.39 is 6.43 Å². The Hall–Kier alpha value is -2.02. The molecule has 2 fully saturated rings. The number of benzene rings is 1. The van der Waals surface area contributed by atoms with Crippen LogP contribution in [0.1, 0.15) is 35.4 Å². The first-order chi connectivity index (χ1) is 12.0. The van der Waals surface area contributed by atoms with Gasteiger partial charge in [0, 0.05) is 45.3 Å². The number of piperazine rings is 1. The monoisotopic (exact) mass is 348 g/mol. The Morgan fingerprint density at radius 1 is 1.24 bits per heavy atom. The third-order valence-electron chi connectivity index (χ3n) is 5.23. The van der Waals surface area contributed by atoms with E-state index >= 15 is 0 Å². The first kappa shape index (κ1) is 16.4. The quantitative estimate of drug-likeness (QED) is 0.853. The Kier molecular flexibility index (Phi) is 4.19. The van der Waals surface area contributed by atoms with E-state index in [1.165, 1.54) is 17.4 Å². The van der Waals surface area contributed by atoms with Gasteiger partial charge in [0.15, 0.2) is 5.82 Å². The van der Waals surface area contributed by atoms with E-state index in [4.69, 9.17) is 0 Å². The molecule has 0 radical (unpaired) electrons. The smallest absolute Gasteiger partial charge is 0.295 e. The second-order valence-corrected chi connectivity index (χ2v) is 7.07. The molecular formula is C18H22F2N4O. The number of nitrogens with zero attached hydrogens (tertiary/aromatic N) is 4. The summed E-state index contributed by atoms with van der Waals surface area (Å²) in [5, 5.41) is 0. The fourth-order valence-electron chi connectivity index (χ4n) is 3.53. The highest BCUT2D eigenvalue weighted by molar-refractivity contribution is 5.97. The summed E-state index contributed by atoms with van der Waals surface area (Å²) < 4.78 is 27.3. The Balaban J connectivity index is 1.48. The summed E-state index contributed by atoms with van der Waals surface area (Å²) >= 11 is 0. The van der Waals surface area contributed by atoms with Crippen molar-refractivity contribution in [3.63, 3.8) is 0 Å². The van der Waals surface area contributed by atoms with Crippen LogP contribution >= 0.6 is 0 Å². The molecule has 1 saturated heterocycles. The second-order valence-electron chi connectivity index (χ2n) is 7.07. The number of hydrogen-bond acceptors (Lipinski definition) is 3. The largest absolute Gasteiger partial charge is 0.336 e. The van der Waals surface area contributed by atoms with Crippen LogP contribution in [0.25, 0.3) is 11.0 Å². The summed E-state index contributed by atoms with van der Waals surface area (Å²) in [5.74, 6) is 0.545. The fraction of sp³-hybridized carbons (Fsp3) is 0.556. The number of alkyl halides is 2. The maximum Gasteiger partial charge on any atom is 0.295 e. The lowest BCUT2D eigenvalue weighted by Crippen LogP contribution is -2.49. The van der Waals surface area contributed by atoms with E-state index in [0.29, 0.717) is 29.7 Å². The van der Waals surface area contributed by atoms with E-state index in [1.54, 1.807) is 25.2 Å². The number of rotatable bonds is 4. The van der Waals surface area contributed by atoms with Crippen LogP contribution in [-0.4, -0.2) is 58.0 Å². The molecule has 2 aliphatic rings. The third-order valence-corrected chi connectivity index (χ3v) is 5.23. The number of halogens is 2. The molecule has 25 heavy (non-hydrogen) atoms. The van der Waals surface area contributed by atoms with Gasteiger partial charge in [-0.25, -0.2) is 13.8 Å². The number of hydrogen-bond donors (Lipinski definition) is 0.